The maximum absolute atomic E-state index is 10.5. The number of aliphatic hydroxyl groups is 1. The van der Waals surface area contributed by atoms with Crippen LogP contribution in [0.3, 0.4) is 0 Å². The van der Waals surface area contributed by atoms with Gasteiger partial charge in [-0.25, -0.2) is 9.97 Å². The van der Waals surface area contributed by atoms with Gasteiger partial charge in [-0.15, -0.1) is 11.3 Å². The maximum Gasteiger partial charge on any atom is 0.127 e. The highest BCUT2D eigenvalue weighted by atomic mass is 35.5. The lowest BCUT2D eigenvalue weighted by molar-refractivity contribution is 0.217. The van der Waals surface area contributed by atoms with E-state index >= 15 is 0 Å². The first-order chi connectivity index (χ1) is 9.16. The van der Waals surface area contributed by atoms with Gasteiger partial charge in [0.2, 0.25) is 0 Å². The van der Waals surface area contributed by atoms with Crippen LogP contribution in [-0.2, 0) is 0 Å². The van der Waals surface area contributed by atoms with Gasteiger partial charge in [0.25, 0.3) is 0 Å². The largest absolute Gasteiger partial charge is 0.382 e. The van der Waals surface area contributed by atoms with Gasteiger partial charge >= 0.3 is 0 Å². The van der Waals surface area contributed by atoms with E-state index in [-0.39, 0.29) is 0 Å². The molecule has 96 valence electrons. The number of benzene rings is 1. The third kappa shape index (κ3) is 2.23. The Hall–Kier alpha value is -1.49. The maximum atomic E-state index is 10.5. The number of halogens is 1. The van der Waals surface area contributed by atoms with Crippen molar-refractivity contribution in [3.63, 3.8) is 0 Å². The number of rotatable bonds is 2. The zero-order chi connectivity index (χ0) is 13.4. The van der Waals surface area contributed by atoms with E-state index < -0.39 is 6.10 Å². The van der Waals surface area contributed by atoms with Gasteiger partial charge in [-0.2, -0.15) is 0 Å². The van der Waals surface area contributed by atoms with E-state index in [1.54, 1.807) is 23.5 Å². The van der Waals surface area contributed by atoms with Crippen LogP contribution in [0.1, 0.15) is 22.9 Å². The molecule has 1 unspecified atom stereocenters. The minimum absolute atomic E-state index is 0.645. The molecule has 1 aromatic carbocycles. The van der Waals surface area contributed by atoms with Gasteiger partial charge in [-0.05, 0) is 35.6 Å². The molecule has 0 bridgehead atoms. The van der Waals surface area contributed by atoms with Crippen molar-refractivity contribution in [2.45, 2.75) is 13.0 Å². The first-order valence-corrected chi connectivity index (χ1v) is 7.05. The van der Waals surface area contributed by atoms with E-state index in [9.17, 15) is 5.11 Å². The fourth-order valence-electron chi connectivity index (χ4n) is 2.06. The van der Waals surface area contributed by atoms with Crippen LogP contribution < -0.4 is 0 Å². The van der Waals surface area contributed by atoms with E-state index in [1.807, 2.05) is 24.4 Å². The summed E-state index contributed by atoms with van der Waals surface area (Å²) in [7, 11) is 0. The predicted octanol–water partition coefficient (Wildman–Crippen LogP) is 3.73. The van der Waals surface area contributed by atoms with Gasteiger partial charge in [0.15, 0.2) is 0 Å². The molecule has 19 heavy (non-hydrogen) atoms. The predicted molar refractivity (Wildman–Crippen MR) is 77.7 cm³/mol. The highest BCUT2D eigenvalue weighted by Crippen LogP contribution is 2.31. The number of fused-ring (bicyclic) bond motifs is 1. The number of hydrogen-bond acceptors (Lipinski definition) is 4. The summed E-state index contributed by atoms with van der Waals surface area (Å²) in [5.74, 6) is 0. The molecule has 0 radical (unpaired) electrons. The van der Waals surface area contributed by atoms with Gasteiger partial charge < -0.3 is 5.11 Å². The van der Waals surface area contributed by atoms with Gasteiger partial charge in [-0.1, -0.05) is 23.7 Å². The first kappa shape index (κ1) is 12.5. The second kappa shape index (κ2) is 4.89. The van der Waals surface area contributed by atoms with Crippen LogP contribution in [0.25, 0.3) is 10.2 Å². The third-order valence-corrected chi connectivity index (χ3v) is 4.28. The summed E-state index contributed by atoms with van der Waals surface area (Å²) >= 11 is 7.42. The number of aromatic nitrogens is 2. The molecule has 3 nitrogen and oxygen atoms in total. The SMILES string of the molecule is Cc1csc2ncnc(C(O)c3ccc(Cl)cc3)c12. The number of thiophene rings is 1. The van der Waals surface area contributed by atoms with Crippen molar-refractivity contribution in [1.29, 1.82) is 0 Å². The molecule has 0 aliphatic heterocycles. The Labute approximate surface area is 119 Å². The molecule has 0 saturated heterocycles. The summed E-state index contributed by atoms with van der Waals surface area (Å²) in [6.45, 7) is 2.00. The number of nitrogens with zero attached hydrogens (tertiary/aromatic N) is 2. The molecule has 2 aromatic heterocycles. The second-order valence-corrected chi connectivity index (χ2v) is 5.61. The smallest absolute Gasteiger partial charge is 0.127 e. The van der Waals surface area contributed by atoms with Crippen molar-refractivity contribution in [3.8, 4) is 0 Å². The van der Waals surface area contributed by atoms with Gasteiger partial charge in [0.05, 0.1) is 5.69 Å². The molecular formula is C14H11ClN2OS. The first-order valence-electron chi connectivity index (χ1n) is 5.79. The minimum Gasteiger partial charge on any atom is -0.382 e. The van der Waals surface area contributed by atoms with Crippen LogP contribution >= 0.6 is 22.9 Å². The molecule has 0 saturated carbocycles. The van der Waals surface area contributed by atoms with Crippen LogP contribution in [0.2, 0.25) is 5.02 Å². The zero-order valence-corrected chi connectivity index (χ0v) is 11.7. The lowest BCUT2D eigenvalue weighted by Crippen LogP contribution is -2.03. The summed E-state index contributed by atoms with van der Waals surface area (Å²) in [5, 5.41) is 14.1. The Balaban J connectivity index is 2.13. The Kier molecular flexibility index (Phi) is 3.22. The van der Waals surface area contributed by atoms with E-state index in [2.05, 4.69) is 9.97 Å². The lowest BCUT2D eigenvalue weighted by Gasteiger charge is -2.12. The second-order valence-electron chi connectivity index (χ2n) is 4.31. The monoisotopic (exact) mass is 290 g/mol. The molecule has 1 atom stereocenters. The van der Waals surface area contributed by atoms with Crippen molar-refractivity contribution in [2.24, 2.45) is 0 Å². The highest BCUT2D eigenvalue weighted by molar-refractivity contribution is 7.16. The van der Waals surface area contributed by atoms with Gasteiger partial charge in [0, 0.05) is 10.4 Å². The van der Waals surface area contributed by atoms with Gasteiger partial charge in [-0.3, -0.25) is 0 Å². The fraction of sp³-hybridized carbons (Fsp3) is 0.143. The Bertz CT molecular complexity index is 724. The number of aliphatic hydroxyl groups excluding tert-OH is 1. The van der Waals surface area contributed by atoms with E-state index in [4.69, 9.17) is 11.6 Å². The average Bonchev–Trinajstić information content (AvgIpc) is 2.81. The highest BCUT2D eigenvalue weighted by Gasteiger charge is 2.17. The van der Waals surface area contributed by atoms with E-state index in [0.717, 1.165) is 21.3 Å². The van der Waals surface area contributed by atoms with Crippen molar-refractivity contribution in [2.75, 3.05) is 0 Å². The molecule has 5 heteroatoms. The minimum atomic E-state index is -0.768. The number of aryl methyl sites for hydroxylation is 1. The third-order valence-electron chi connectivity index (χ3n) is 3.03. The van der Waals surface area contributed by atoms with E-state index in [0.29, 0.717) is 10.7 Å². The summed E-state index contributed by atoms with van der Waals surface area (Å²) in [4.78, 5) is 9.38. The van der Waals surface area contributed by atoms with E-state index in [1.165, 1.54) is 6.33 Å². The Morgan fingerprint density at radius 3 is 2.68 bits per heavy atom. The van der Waals surface area contributed by atoms with Crippen LogP contribution in [0.5, 0.6) is 0 Å². The van der Waals surface area contributed by atoms with Crippen molar-refractivity contribution in [1.82, 2.24) is 9.97 Å². The summed E-state index contributed by atoms with van der Waals surface area (Å²) in [6.07, 6.45) is 0.725. The average molecular weight is 291 g/mol. The van der Waals surface area contributed by atoms with Crippen molar-refractivity contribution < 1.29 is 5.11 Å². The van der Waals surface area contributed by atoms with Gasteiger partial charge in [0.1, 0.15) is 17.3 Å². The lowest BCUT2D eigenvalue weighted by atomic mass is 10.0. The number of hydrogen-bond donors (Lipinski definition) is 1. The summed E-state index contributed by atoms with van der Waals surface area (Å²) < 4.78 is 0. The molecule has 0 fully saturated rings. The molecule has 3 rings (SSSR count). The molecule has 2 heterocycles. The van der Waals surface area contributed by atoms with Crippen LogP contribution in [-0.4, -0.2) is 15.1 Å². The van der Waals surface area contributed by atoms with Crippen molar-refractivity contribution in [3.05, 3.63) is 57.8 Å². The van der Waals surface area contributed by atoms with Crippen LogP contribution in [0.15, 0.2) is 36.0 Å². The molecule has 0 aliphatic rings. The molecule has 0 spiro atoms. The fourth-order valence-corrected chi connectivity index (χ4v) is 3.08. The molecule has 3 aromatic rings. The Morgan fingerprint density at radius 2 is 1.95 bits per heavy atom. The standard InChI is InChI=1S/C14H11ClN2OS/c1-8-6-19-14-11(8)12(16-7-17-14)13(18)9-2-4-10(15)5-3-9/h2-7,13,18H,1H3. The quantitative estimate of drug-likeness (QED) is 0.782. The summed E-state index contributed by atoms with van der Waals surface area (Å²) in [5.41, 5.74) is 2.50. The molecular weight excluding hydrogens is 280 g/mol. The molecule has 1 N–H and O–H groups in total. The zero-order valence-electron chi connectivity index (χ0n) is 10.2. The summed E-state index contributed by atoms with van der Waals surface area (Å²) in [6, 6.07) is 7.14. The Morgan fingerprint density at radius 1 is 1.21 bits per heavy atom. The van der Waals surface area contributed by atoms with Crippen LogP contribution in [0.4, 0.5) is 0 Å². The molecule has 0 amide bonds. The molecule has 0 aliphatic carbocycles. The van der Waals surface area contributed by atoms with Crippen molar-refractivity contribution >= 4 is 33.2 Å². The topological polar surface area (TPSA) is 46.0 Å². The normalized spacial score (nSPS) is 12.8. The van der Waals surface area contributed by atoms with Crippen LogP contribution in [0, 0.1) is 6.92 Å².